The van der Waals surface area contributed by atoms with E-state index in [9.17, 15) is 4.79 Å². The second-order valence-electron chi connectivity index (χ2n) is 7.06. The molecule has 1 aromatic carbocycles. The topological polar surface area (TPSA) is 29.1 Å². The normalized spacial score (nSPS) is 28.2. The van der Waals surface area contributed by atoms with Crippen molar-refractivity contribution >= 4 is 12.0 Å². The van der Waals surface area contributed by atoms with E-state index in [0.717, 1.165) is 23.8 Å². The van der Waals surface area contributed by atoms with Crippen molar-refractivity contribution < 1.29 is 4.79 Å². The Balaban J connectivity index is 1.52. The molecule has 0 heterocycles. The number of carbonyl (C=O) groups excluding carboxylic acids is 1. The molecule has 118 valence electrons. The summed E-state index contributed by atoms with van der Waals surface area (Å²) in [6, 6.07) is 8.68. The molecule has 22 heavy (non-hydrogen) atoms. The average Bonchev–Trinajstić information content (AvgIpc) is 3.16. The second kappa shape index (κ2) is 6.68. The molecule has 2 bridgehead atoms. The molecule has 0 spiro atoms. The van der Waals surface area contributed by atoms with E-state index in [1.165, 1.54) is 31.2 Å². The SMILES string of the molecule is CCc1ccc(/C=C\C(=O)N[C@H](C)[C@H]2C[C@H]3CC[C@H]2C3)cc1. The lowest BCUT2D eigenvalue weighted by molar-refractivity contribution is -0.117. The smallest absolute Gasteiger partial charge is 0.244 e. The first-order valence-corrected chi connectivity index (χ1v) is 8.73. The maximum absolute atomic E-state index is 12.1. The Morgan fingerprint density at radius 2 is 2.05 bits per heavy atom. The first-order valence-electron chi connectivity index (χ1n) is 8.73. The lowest BCUT2D eigenvalue weighted by atomic mass is 9.84. The Morgan fingerprint density at radius 3 is 2.64 bits per heavy atom. The minimum Gasteiger partial charge on any atom is -0.350 e. The van der Waals surface area contributed by atoms with Crippen LogP contribution in [0.15, 0.2) is 30.3 Å². The Hall–Kier alpha value is -1.57. The van der Waals surface area contributed by atoms with E-state index in [1.54, 1.807) is 6.08 Å². The Bertz CT molecular complexity index is 545. The van der Waals surface area contributed by atoms with Crippen molar-refractivity contribution in [3.05, 3.63) is 41.5 Å². The van der Waals surface area contributed by atoms with E-state index >= 15 is 0 Å². The average molecular weight is 297 g/mol. The summed E-state index contributed by atoms with van der Waals surface area (Å²) in [6.45, 7) is 4.32. The van der Waals surface area contributed by atoms with Gasteiger partial charge < -0.3 is 5.32 Å². The van der Waals surface area contributed by atoms with Crippen LogP contribution in [0, 0.1) is 17.8 Å². The van der Waals surface area contributed by atoms with E-state index in [1.807, 2.05) is 6.08 Å². The number of fused-ring (bicyclic) bond motifs is 2. The molecule has 2 aliphatic carbocycles. The number of carbonyl (C=O) groups is 1. The third kappa shape index (κ3) is 3.43. The molecule has 0 radical (unpaired) electrons. The molecule has 2 saturated carbocycles. The van der Waals surface area contributed by atoms with Gasteiger partial charge in [0.1, 0.15) is 0 Å². The zero-order valence-corrected chi connectivity index (χ0v) is 13.7. The van der Waals surface area contributed by atoms with Crippen LogP contribution in [0.5, 0.6) is 0 Å². The predicted molar refractivity (Wildman–Crippen MR) is 91.4 cm³/mol. The van der Waals surface area contributed by atoms with Crippen LogP contribution in [0.1, 0.15) is 50.7 Å². The Labute approximate surface area is 134 Å². The summed E-state index contributed by atoms with van der Waals surface area (Å²) in [5.41, 5.74) is 2.41. The number of hydrogen-bond acceptors (Lipinski definition) is 1. The Kier molecular flexibility index (Phi) is 4.66. The van der Waals surface area contributed by atoms with Crippen LogP contribution in [0.3, 0.4) is 0 Å². The molecule has 1 amide bonds. The first-order chi connectivity index (χ1) is 10.7. The molecule has 2 fully saturated rings. The summed E-state index contributed by atoms with van der Waals surface area (Å²) in [4.78, 5) is 12.1. The molecule has 0 saturated heterocycles. The maximum Gasteiger partial charge on any atom is 0.244 e. The lowest BCUT2D eigenvalue weighted by Crippen LogP contribution is -2.39. The van der Waals surface area contributed by atoms with Crippen molar-refractivity contribution in [3.63, 3.8) is 0 Å². The van der Waals surface area contributed by atoms with Crippen LogP contribution in [0.4, 0.5) is 0 Å². The van der Waals surface area contributed by atoms with Crippen LogP contribution in [0.2, 0.25) is 0 Å². The number of nitrogens with one attached hydrogen (secondary N) is 1. The highest BCUT2D eigenvalue weighted by Gasteiger charge is 2.41. The Morgan fingerprint density at radius 1 is 1.27 bits per heavy atom. The molecule has 2 nitrogen and oxygen atoms in total. The highest BCUT2D eigenvalue weighted by Crippen LogP contribution is 2.49. The molecule has 2 heteroatoms. The van der Waals surface area contributed by atoms with Gasteiger partial charge in [-0.15, -0.1) is 0 Å². The number of hydrogen-bond donors (Lipinski definition) is 1. The number of rotatable bonds is 5. The summed E-state index contributed by atoms with van der Waals surface area (Å²) < 4.78 is 0. The molecular formula is C20H27NO. The summed E-state index contributed by atoms with van der Waals surface area (Å²) in [7, 11) is 0. The quantitative estimate of drug-likeness (QED) is 0.811. The van der Waals surface area contributed by atoms with Gasteiger partial charge in [-0.1, -0.05) is 37.6 Å². The van der Waals surface area contributed by atoms with E-state index < -0.39 is 0 Å². The molecule has 0 aliphatic heterocycles. The monoisotopic (exact) mass is 297 g/mol. The minimum absolute atomic E-state index is 0.0369. The third-order valence-corrected chi connectivity index (χ3v) is 5.62. The maximum atomic E-state index is 12.1. The van der Waals surface area contributed by atoms with Crippen molar-refractivity contribution in [1.29, 1.82) is 0 Å². The van der Waals surface area contributed by atoms with Crippen molar-refractivity contribution in [2.75, 3.05) is 0 Å². The zero-order valence-electron chi connectivity index (χ0n) is 13.7. The molecule has 1 aromatic rings. The summed E-state index contributed by atoms with van der Waals surface area (Å²) in [5.74, 6) is 2.52. The number of benzene rings is 1. The van der Waals surface area contributed by atoms with Crippen molar-refractivity contribution in [2.24, 2.45) is 17.8 Å². The fourth-order valence-electron chi connectivity index (χ4n) is 4.32. The number of amides is 1. The summed E-state index contributed by atoms with van der Waals surface area (Å²) in [5, 5.41) is 3.17. The van der Waals surface area contributed by atoms with E-state index in [-0.39, 0.29) is 5.91 Å². The minimum atomic E-state index is 0.0369. The van der Waals surface area contributed by atoms with E-state index in [0.29, 0.717) is 12.0 Å². The van der Waals surface area contributed by atoms with Crippen LogP contribution in [-0.2, 0) is 11.2 Å². The second-order valence-corrected chi connectivity index (χ2v) is 7.06. The fraction of sp³-hybridized carbons (Fsp3) is 0.550. The van der Waals surface area contributed by atoms with Crippen LogP contribution < -0.4 is 5.32 Å². The van der Waals surface area contributed by atoms with E-state index in [4.69, 9.17) is 0 Å². The van der Waals surface area contributed by atoms with Gasteiger partial charge in [0.2, 0.25) is 5.91 Å². The molecule has 2 aliphatic rings. The van der Waals surface area contributed by atoms with Gasteiger partial charge in [-0.3, -0.25) is 4.79 Å². The van der Waals surface area contributed by atoms with Crippen LogP contribution >= 0.6 is 0 Å². The van der Waals surface area contributed by atoms with Crippen molar-refractivity contribution in [2.45, 2.75) is 52.0 Å². The van der Waals surface area contributed by atoms with Gasteiger partial charge in [0, 0.05) is 12.1 Å². The summed E-state index contributed by atoms with van der Waals surface area (Å²) >= 11 is 0. The standard InChI is InChI=1S/C20H27NO/c1-3-15-4-6-16(7-5-15)9-11-20(22)21-14(2)19-13-17-8-10-18(19)12-17/h4-7,9,11,14,17-19H,3,8,10,12-13H2,1-2H3,(H,21,22)/b11-9-/t14-,17+,18+,19-/m1/s1. The molecule has 3 rings (SSSR count). The predicted octanol–water partition coefficient (Wildman–Crippen LogP) is 4.20. The molecular weight excluding hydrogens is 270 g/mol. The zero-order chi connectivity index (χ0) is 15.5. The molecule has 0 aromatic heterocycles. The van der Waals surface area contributed by atoms with E-state index in [2.05, 4.69) is 43.4 Å². The largest absolute Gasteiger partial charge is 0.350 e. The third-order valence-electron chi connectivity index (χ3n) is 5.62. The van der Waals surface area contributed by atoms with Gasteiger partial charge in [-0.25, -0.2) is 0 Å². The highest BCUT2D eigenvalue weighted by molar-refractivity contribution is 5.91. The molecule has 0 unspecified atom stereocenters. The number of aryl methyl sites for hydroxylation is 1. The molecule has 1 N–H and O–H groups in total. The van der Waals surface area contributed by atoms with Crippen LogP contribution in [0.25, 0.3) is 6.08 Å². The van der Waals surface area contributed by atoms with Gasteiger partial charge in [0.05, 0.1) is 0 Å². The lowest BCUT2D eigenvalue weighted by Gasteiger charge is -2.28. The first kappa shape index (κ1) is 15.3. The fourth-order valence-corrected chi connectivity index (χ4v) is 4.32. The van der Waals surface area contributed by atoms with Gasteiger partial charge in [-0.05, 0) is 67.6 Å². The van der Waals surface area contributed by atoms with Gasteiger partial charge >= 0.3 is 0 Å². The van der Waals surface area contributed by atoms with Gasteiger partial charge in [-0.2, -0.15) is 0 Å². The molecule has 4 atom stereocenters. The van der Waals surface area contributed by atoms with Crippen molar-refractivity contribution in [1.82, 2.24) is 5.32 Å². The van der Waals surface area contributed by atoms with Gasteiger partial charge in [0.15, 0.2) is 0 Å². The summed E-state index contributed by atoms with van der Waals surface area (Å²) in [6.07, 6.45) is 10.1. The highest BCUT2D eigenvalue weighted by atomic mass is 16.1. The van der Waals surface area contributed by atoms with Crippen molar-refractivity contribution in [3.8, 4) is 0 Å². The van der Waals surface area contributed by atoms with Gasteiger partial charge in [0.25, 0.3) is 0 Å². The van der Waals surface area contributed by atoms with Crippen LogP contribution in [-0.4, -0.2) is 11.9 Å².